The van der Waals surface area contributed by atoms with E-state index in [4.69, 9.17) is 4.74 Å². The van der Waals surface area contributed by atoms with E-state index < -0.39 is 11.4 Å². The van der Waals surface area contributed by atoms with E-state index in [1.165, 1.54) is 10.5 Å². The Morgan fingerprint density at radius 3 is 2.17 bits per heavy atom. The first-order valence-corrected chi connectivity index (χ1v) is 13.3. The fourth-order valence-electron chi connectivity index (χ4n) is 3.68. The number of benzene rings is 1. The lowest BCUT2D eigenvalue weighted by molar-refractivity contribution is -0.132. The molecule has 1 N–H and O–H groups in total. The summed E-state index contributed by atoms with van der Waals surface area (Å²) in [5.41, 5.74) is 1.64. The first-order chi connectivity index (χ1) is 16.1. The molecular weight excluding hydrogens is 456 g/mol. The Morgan fingerprint density at radius 2 is 1.71 bits per heavy atom. The number of aryl methyl sites for hydroxylation is 1. The Balaban J connectivity index is 3.45. The van der Waals surface area contributed by atoms with E-state index in [-0.39, 0.29) is 23.2 Å². The van der Waals surface area contributed by atoms with Crippen molar-refractivity contribution in [2.45, 2.75) is 80.6 Å². The first kappa shape index (κ1) is 30.8. The van der Waals surface area contributed by atoms with Crippen molar-refractivity contribution in [3.63, 3.8) is 0 Å². The third kappa shape index (κ3) is 8.42. The van der Waals surface area contributed by atoms with E-state index >= 15 is 0 Å². The van der Waals surface area contributed by atoms with Gasteiger partial charge in [0.25, 0.3) is 0 Å². The molecule has 0 heterocycles. The maximum absolute atomic E-state index is 12.3. The normalized spacial score (nSPS) is 13.5. The highest BCUT2D eigenvalue weighted by Gasteiger charge is 2.35. The molecule has 0 unspecified atom stereocenters. The third-order valence-corrected chi connectivity index (χ3v) is 7.75. The van der Waals surface area contributed by atoms with Gasteiger partial charge in [0.2, 0.25) is 0 Å². The molecule has 0 spiro atoms. The molecule has 0 atom stereocenters. The number of carbonyl (C=O) groups excluding carboxylic acids is 1. The average Bonchev–Trinajstić information content (AvgIpc) is 2.78. The number of thioether (sulfide) groups is 1. The van der Waals surface area contributed by atoms with Crippen molar-refractivity contribution < 1.29 is 19.4 Å². The van der Waals surface area contributed by atoms with E-state index in [0.717, 1.165) is 24.2 Å². The van der Waals surface area contributed by atoms with Crippen LogP contribution in [0.5, 0.6) is 5.75 Å². The molecule has 0 fully saturated rings. The molecule has 1 aromatic rings. The molecule has 0 radical (unpaired) electrons. The van der Waals surface area contributed by atoms with Crippen molar-refractivity contribution in [3.05, 3.63) is 64.6 Å². The lowest BCUT2D eigenvalue weighted by Gasteiger charge is -2.37. The van der Waals surface area contributed by atoms with Gasteiger partial charge in [0.15, 0.2) is 5.78 Å². The van der Waals surface area contributed by atoms with Crippen LogP contribution in [0.4, 0.5) is 0 Å². The van der Waals surface area contributed by atoms with Gasteiger partial charge in [-0.05, 0) is 48.8 Å². The quantitative estimate of drug-likeness (QED) is 0.220. The lowest BCUT2D eigenvalue weighted by atomic mass is 9.73. The molecule has 0 aliphatic carbocycles. The molecule has 0 aliphatic rings. The largest absolute Gasteiger partial charge is 0.486 e. The van der Waals surface area contributed by atoms with E-state index in [0.29, 0.717) is 11.3 Å². The summed E-state index contributed by atoms with van der Waals surface area (Å²) in [6.07, 6.45) is 7.75. The smallest absolute Gasteiger partial charge is 0.330 e. The molecule has 0 amide bonds. The van der Waals surface area contributed by atoms with E-state index in [2.05, 4.69) is 52.5 Å². The van der Waals surface area contributed by atoms with Crippen molar-refractivity contribution in [1.29, 1.82) is 0 Å². The molecule has 35 heavy (non-hydrogen) atoms. The van der Waals surface area contributed by atoms with Gasteiger partial charge in [0.05, 0.1) is 0 Å². The molecule has 0 saturated heterocycles. The number of rotatable bonds is 13. The van der Waals surface area contributed by atoms with E-state index in [9.17, 15) is 14.7 Å². The van der Waals surface area contributed by atoms with Crippen LogP contribution < -0.4 is 4.74 Å². The van der Waals surface area contributed by atoms with Crippen LogP contribution >= 0.6 is 11.8 Å². The highest BCUT2D eigenvalue weighted by Crippen LogP contribution is 2.47. The lowest BCUT2D eigenvalue weighted by Crippen LogP contribution is -2.28. The van der Waals surface area contributed by atoms with Gasteiger partial charge < -0.3 is 9.84 Å². The maximum Gasteiger partial charge on any atom is 0.330 e. The minimum atomic E-state index is -0.893. The van der Waals surface area contributed by atoms with Crippen molar-refractivity contribution in [2.75, 3.05) is 12.4 Å². The summed E-state index contributed by atoms with van der Waals surface area (Å²) in [5.74, 6) is 0.469. The van der Waals surface area contributed by atoms with Crippen LogP contribution in [0.3, 0.4) is 0 Å². The molecule has 0 aliphatic heterocycles. The summed E-state index contributed by atoms with van der Waals surface area (Å²) in [6.45, 7) is 22.0. The van der Waals surface area contributed by atoms with E-state index in [1.54, 1.807) is 24.8 Å². The minimum Gasteiger partial charge on any atom is -0.486 e. The number of ketones is 1. The van der Waals surface area contributed by atoms with Gasteiger partial charge in [-0.25, -0.2) is 4.79 Å². The summed E-state index contributed by atoms with van der Waals surface area (Å²) in [4.78, 5) is 24.8. The highest BCUT2D eigenvalue weighted by atomic mass is 32.2. The van der Waals surface area contributed by atoms with Gasteiger partial charge in [-0.1, -0.05) is 78.8 Å². The summed E-state index contributed by atoms with van der Waals surface area (Å²) >= 11 is 1.69. The number of aliphatic carboxylic acids is 1. The zero-order chi connectivity index (χ0) is 27.0. The number of carboxylic acid groups (broad SMARTS) is 1. The molecule has 0 bridgehead atoms. The Hall–Kier alpha value is -2.27. The number of Topliss-reactive ketones (excluding diaryl/α,β-unsaturated/α-hetero) is 1. The minimum absolute atomic E-state index is 0.0557. The van der Waals surface area contributed by atoms with Gasteiger partial charge in [0.1, 0.15) is 12.4 Å². The average molecular weight is 501 g/mol. The molecule has 1 aromatic carbocycles. The summed E-state index contributed by atoms with van der Waals surface area (Å²) in [6, 6.07) is 6.23. The number of ether oxygens (including phenoxy) is 1. The maximum atomic E-state index is 12.3. The van der Waals surface area contributed by atoms with Crippen molar-refractivity contribution in [1.82, 2.24) is 0 Å². The molecule has 4 nitrogen and oxygen atoms in total. The zero-order valence-corrected chi connectivity index (χ0v) is 23.9. The molecule has 194 valence electrons. The highest BCUT2D eigenvalue weighted by molar-refractivity contribution is 8.03. The Bertz CT molecular complexity index is 973. The molecule has 0 saturated carbocycles. The summed E-state index contributed by atoms with van der Waals surface area (Å²) < 4.78 is 5.89. The van der Waals surface area contributed by atoms with Gasteiger partial charge in [-0.3, -0.25) is 4.79 Å². The second-order valence-corrected chi connectivity index (χ2v) is 11.8. The predicted molar refractivity (Wildman–Crippen MR) is 149 cm³/mol. The zero-order valence-electron chi connectivity index (χ0n) is 23.1. The second-order valence-electron chi connectivity index (χ2n) is 10.8. The van der Waals surface area contributed by atoms with Crippen LogP contribution in [-0.4, -0.2) is 29.2 Å². The third-order valence-electron chi connectivity index (χ3n) is 6.60. The number of allylic oxidation sites excluding steroid dienone is 3. The van der Waals surface area contributed by atoms with Gasteiger partial charge >= 0.3 is 5.97 Å². The monoisotopic (exact) mass is 500 g/mol. The topological polar surface area (TPSA) is 63.6 Å². The van der Waals surface area contributed by atoms with Crippen LogP contribution in [0, 0.1) is 17.8 Å². The van der Waals surface area contributed by atoms with Crippen LogP contribution in [0.2, 0.25) is 0 Å². The SMILES string of the molecule is C=CC(C)(C)/C=C(\SC/C=C(\C)C(=O)O)C(CC)(CC)c1ccc(OCC(=O)C(C)(C)C)c(C)c1. The number of carboxylic acids is 1. The van der Waals surface area contributed by atoms with Gasteiger partial charge in [0, 0.05) is 27.6 Å². The number of carbonyl (C=O) groups is 2. The Morgan fingerprint density at radius 1 is 1.11 bits per heavy atom. The first-order valence-electron chi connectivity index (χ1n) is 12.3. The van der Waals surface area contributed by atoms with Gasteiger partial charge in [-0.15, -0.1) is 18.3 Å². The Labute approximate surface area is 216 Å². The number of hydrogen-bond acceptors (Lipinski definition) is 4. The summed E-state index contributed by atoms with van der Waals surface area (Å²) in [5, 5.41) is 9.24. The van der Waals surface area contributed by atoms with Crippen molar-refractivity contribution in [2.24, 2.45) is 10.8 Å². The van der Waals surface area contributed by atoms with Crippen LogP contribution in [0.15, 0.2) is 53.5 Å². The molecular formula is C30H44O4S. The van der Waals surface area contributed by atoms with E-state index in [1.807, 2.05) is 39.8 Å². The molecule has 5 heteroatoms. The van der Waals surface area contributed by atoms with Crippen LogP contribution in [0.25, 0.3) is 0 Å². The van der Waals surface area contributed by atoms with Crippen LogP contribution in [0.1, 0.15) is 79.4 Å². The molecule has 0 aromatic heterocycles. The second kappa shape index (κ2) is 12.6. The van der Waals surface area contributed by atoms with Crippen molar-refractivity contribution in [3.8, 4) is 5.75 Å². The number of hydrogen-bond donors (Lipinski definition) is 1. The Kier molecular flexibility index (Phi) is 11.1. The van der Waals surface area contributed by atoms with Crippen LogP contribution in [-0.2, 0) is 15.0 Å². The van der Waals surface area contributed by atoms with Crippen molar-refractivity contribution >= 4 is 23.5 Å². The fourth-order valence-corrected chi connectivity index (χ4v) is 5.26. The summed E-state index contributed by atoms with van der Waals surface area (Å²) in [7, 11) is 0. The predicted octanol–water partition coefficient (Wildman–Crippen LogP) is 7.91. The fraction of sp³-hybridized carbons (Fsp3) is 0.533. The standard InChI is InChI=1S/C30H44O4S/c1-11-29(9,10)19-26(35-17-16-21(4)27(32)33)30(12-2,13-3)23-14-15-24(22(5)18-23)34-20-25(31)28(6,7)8/h11,14-16,18-19H,1,12-13,17,20H2,2-10H3,(H,32,33)/b21-16+,26-19-. The molecule has 1 rings (SSSR count). The van der Waals surface area contributed by atoms with Gasteiger partial charge in [-0.2, -0.15) is 0 Å².